The van der Waals surface area contributed by atoms with Crippen LogP contribution < -0.4 is 0 Å². The third kappa shape index (κ3) is 4.10. The van der Waals surface area contributed by atoms with Crippen LogP contribution in [0.3, 0.4) is 0 Å². The molecule has 1 amide bonds. The molecular formula is C13H15BrINO. The molecule has 2 nitrogen and oxygen atoms in total. The minimum atomic E-state index is 0.0671. The van der Waals surface area contributed by atoms with Crippen molar-refractivity contribution in [2.75, 3.05) is 13.1 Å². The molecule has 17 heavy (non-hydrogen) atoms. The maximum atomic E-state index is 12.4. The Morgan fingerprint density at radius 2 is 2.29 bits per heavy atom. The number of amides is 1. The Labute approximate surface area is 124 Å². The van der Waals surface area contributed by atoms with Crippen LogP contribution in [0.5, 0.6) is 0 Å². The van der Waals surface area contributed by atoms with Crippen LogP contribution in [0.15, 0.2) is 35.3 Å². The first-order valence-electron chi connectivity index (χ1n) is 5.45. The topological polar surface area (TPSA) is 20.3 Å². The summed E-state index contributed by atoms with van der Waals surface area (Å²) in [4.78, 5) is 14.2. The first kappa shape index (κ1) is 14.7. The second-order valence-corrected chi connectivity index (χ2v) is 5.74. The third-order valence-electron chi connectivity index (χ3n) is 2.29. The Balaban J connectivity index is 2.99. The Hall–Kier alpha value is -0.360. The second-order valence-electron chi connectivity index (χ2n) is 3.66. The van der Waals surface area contributed by atoms with Gasteiger partial charge in [0.2, 0.25) is 0 Å². The van der Waals surface area contributed by atoms with E-state index in [2.05, 4.69) is 52.0 Å². The summed E-state index contributed by atoms with van der Waals surface area (Å²) in [6, 6.07) is 5.75. The van der Waals surface area contributed by atoms with Gasteiger partial charge in [-0.1, -0.05) is 28.9 Å². The van der Waals surface area contributed by atoms with Crippen LogP contribution >= 0.6 is 38.5 Å². The van der Waals surface area contributed by atoms with E-state index < -0.39 is 0 Å². The highest BCUT2D eigenvalue weighted by molar-refractivity contribution is 14.1. The molecule has 0 aromatic heterocycles. The number of hydrogen-bond acceptors (Lipinski definition) is 1. The van der Waals surface area contributed by atoms with Gasteiger partial charge in [-0.2, -0.15) is 0 Å². The number of nitrogens with zero attached hydrogens (tertiary/aromatic N) is 1. The van der Waals surface area contributed by atoms with Crippen molar-refractivity contribution >= 4 is 44.4 Å². The van der Waals surface area contributed by atoms with Gasteiger partial charge in [0.05, 0.1) is 5.56 Å². The molecule has 0 unspecified atom stereocenters. The summed E-state index contributed by atoms with van der Waals surface area (Å²) < 4.78 is 1.90. The zero-order chi connectivity index (χ0) is 12.8. The zero-order valence-corrected chi connectivity index (χ0v) is 13.5. The number of halogens is 2. The summed E-state index contributed by atoms with van der Waals surface area (Å²) in [5.41, 5.74) is 0.746. The molecule has 4 heteroatoms. The molecular weight excluding hydrogens is 393 g/mol. The van der Waals surface area contributed by atoms with E-state index in [0.29, 0.717) is 6.54 Å². The molecule has 1 rings (SSSR count). The molecule has 0 heterocycles. The fraction of sp³-hybridized carbons (Fsp3) is 0.308. The minimum Gasteiger partial charge on any atom is -0.335 e. The summed E-state index contributed by atoms with van der Waals surface area (Å²) in [7, 11) is 0. The lowest BCUT2D eigenvalue weighted by atomic mass is 10.2. The van der Waals surface area contributed by atoms with Gasteiger partial charge >= 0.3 is 0 Å². The Morgan fingerprint density at radius 1 is 1.59 bits per heavy atom. The zero-order valence-electron chi connectivity index (χ0n) is 9.75. The lowest BCUT2D eigenvalue weighted by Gasteiger charge is -2.21. The molecule has 1 aromatic rings. The second kappa shape index (κ2) is 7.16. The standard InChI is InChI=1S/C13H15BrINO/c1-3-7-16(8-4-2)13(17)11-9-10(14)5-6-12(11)15/h3,5-6,9H,1,4,7-8H2,2H3. The number of hydrogen-bond donors (Lipinski definition) is 0. The summed E-state index contributed by atoms with van der Waals surface area (Å²) in [6.45, 7) is 7.11. The Bertz CT molecular complexity index is 420. The minimum absolute atomic E-state index is 0.0671. The van der Waals surface area contributed by atoms with E-state index in [0.717, 1.165) is 26.6 Å². The molecule has 0 bridgehead atoms. The maximum absolute atomic E-state index is 12.4. The van der Waals surface area contributed by atoms with Crippen LogP contribution in [0.25, 0.3) is 0 Å². The van der Waals surface area contributed by atoms with Gasteiger partial charge < -0.3 is 4.90 Å². The van der Waals surface area contributed by atoms with Crippen LogP contribution in [0.2, 0.25) is 0 Å². The third-order valence-corrected chi connectivity index (χ3v) is 3.72. The van der Waals surface area contributed by atoms with Crippen LogP contribution in [-0.4, -0.2) is 23.9 Å². The van der Waals surface area contributed by atoms with Gasteiger partial charge in [0.15, 0.2) is 0 Å². The van der Waals surface area contributed by atoms with Gasteiger partial charge in [-0.3, -0.25) is 4.79 Å². The summed E-state index contributed by atoms with van der Waals surface area (Å²) in [5, 5.41) is 0. The van der Waals surface area contributed by atoms with E-state index in [1.54, 1.807) is 6.08 Å². The highest BCUT2D eigenvalue weighted by atomic mass is 127. The van der Waals surface area contributed by atoms with Crippen molar-refractivity contribution < 1.29 is 4.79 Å². The first-order valence-corrected chi connectivity index (χ1v) is 7.32. The van der Waals surface area contributed by atoms with Gasteiger partial charge in [-0.05, 0) is 47.2 Å². The fourth-order valence-electron chi connectivity index (χ4n) is 1.53. The number of carbonyl (C=O) groups excluding carboxylic acids is 1. The predicted molar refractivity (Wildman–Crippen MR) is 83.3 cm³/mol. The lowest BCUT2D eigenvalue weighted by Crippen LogP contribution is -2.32. The highest BCUT2D eigenvalue weighted by Crippen LogP contribution is 2.20. The summed E-state index contributed by atoms with van der Waals surface area (Å²) >= 11 is 5.59. The summed E-state index contributed by atoms with van der Waals surface area (Å²) in [6.07, 6.45) is 2.71. The molecule has 0 aliphatic carbocycles. The van der Waals surface area contributed by atoms with Gasteiger partial charge in [-0.25, -0.2) is 0 Å². The average molecular weight is 408 g/mol. The van der Waals surface area contributed by atoms with E-state index in [1.807, 2.05) is 23.1 Å². The van der Waals surface area contributed by atoms with Crippen molar-refractivity contribution in [2.24, 2.45) is 0 Å². The molecule has 0 aliphatic rings. The molecule has 0 spiro atoms. The monoisotopic (exact) mass is 407 g/mol. The van der Waals surface area contributed by atoms with Crippen LogP contribution in [0.1, 0.15) is 23.7 Å². The normalized spacial score (nSPS) is 10.1. The van der Waals surface area contributed by atoms with Crippen molar-refractivity contribution in [2.45, 2.75) is 13.3 Å². The summed E-state index contributed by atoms with van der Waals surface area (Å²) in [5.74, 6) is 0.0671. The number of carbonyl (C=O) groups is 1. The van der Waals surface area contributed by atoms with Crippen molar-refractivity contribution in [3.63, 3.8) is 0 Å². The molecule has 0 aliphatic heterocycles. The molecule has 0 N–H and O–H groups in total. The Morgan fingerprint density at radius 3 is 2.88 bits per heavy atom. The van der Waals surface area contributed by atoms with Crippen LogP contribution in [0, 0.1) is 3.57 Å². The van der Waals surface area contributed by atoms with Crippen molar-refractivity contribution in [3.8, 4) is 0 Å². The van der Waals surface area contributed by atoms with E-state index in [9.17, 15) is 4.79 Å². The molecule has 0 atom stereocenters. The van der Waals surface area contributed by atoms with Crippen molar-refractivity contribution in [1.29, 1.82) is 0 Å². The molecule has 1 aromatic carbocycles. The van der Waals surface area contributed by atoms with Gasteiger partial charge in [0.25, 0.3) is 5.91 Å². The molecule has 0 radical (unpaired) electrons. The number of benzene rings is 1. The SMILES string of the molecule is C=CCN(CCC)C(=O)c1cc(Br)ccc1I. The van der Waals surface area contributed by atoms with Gasteiger partial charge in [0, 0.05) is 21.1 Å². The Kier molecular flexibility index (Phi) is 6.19. The van der Waals surface area contributed by atoms with Crippen molar-refractivity contribution in [1.82, 2.24) is 4.90 Å². The first-order chi connectivity index (χ1) is 8.10. The fourth-order valence-corrected chi connectivity index (χ4v) is 2.46. The van der Waals surface area contributed by atoms with E-state index in [-0.39, 0.29) is 5.91 Å². The molecule has 0 saturated heterocycles. The molecule has 92 valence electrons. The average Bonchev–Trinajstić information content (AvgIpc) is 2.31. The van der Waals surface area contributed by atoms with Gasteiger partial charge in [-0.15, -0.1) is 6.58 Å². The van der Waals surface area contributed by atoms with Crippen LogP contribution in [0.4, 0.5) is 0 Å². The maximum Gasteiger partial charge on any atom is 0.255 e. The smallest absolute Gasteiger partial charge is 0.255 e. The van der Waals surface area contributed by atoms with Crippen molar-refractivity contribution in [3.05, 3.63) is 44.5 Å². The largest absolute Gasteiger partial charge is 0.335 e. The predicted octanol–water partition coefficient (Wildman–Crippen LogP) is 4.09. The van der Waals surface area contributed by atoms with E-state index >= 15 is 0 Å². The van der Waals surface area contributed by atoms with E-state index in [1.165, 1.54) is 0 Å². The molecule has 0 saturated carbocycles. The quantitative estimate of drug-likeness (QED) is 0.531. The van der Waals surface area contributed by atoms with Crippen LogP contribution in [-0.2, 0) is 0 Å². The van der Waals surface area contributed by atoms with Gasteiger partial charge in [0.1, 0.15) is 0 Å². The number of rotatable bonds is 5. The van der Waals surface area contributed by atoms with E-state index in [4.69, 9.17) is 0 Å². The molecule has 0 fully saturated rings. The highest BCUT2D eigenvalue weighted by Gasteiger charge is 2.16. The lowest BCUT2D eigenvalue weighted by molar-refractivity contribution is 0.0773.